The van der Waals surface area contributed by atoms with Crippen molar-refractivity contribution in [2.75, 3.05) is 0 Å². The topological polar surface area (TPSA) is 116 Å². The minimum atomic E-state index is -0.115. The fourth-order valence-electron chi connectivity index (χ4n) is 3.95. The number of hydrogen-bond donors (Lipinski definition) is 0. The minimum absolute atomic E-state index is 0.115. The van der Waals surface area contributed by atoms with E-state index in [0.717, 1.165) is 41.1 Å². The first-order valence-corrected chi connectivity index (χ1v) is 12.7. The summed E-state index contributed by atoms with van der Waals surface area (Å²) in [5.41, 5.74) is 1.54. The third-order valence-electron chi connectivity index (χ3n) is 5.52. The highest BCUT2D eigenvalue weighted by atomic mass is 79.9. The van der Waals surface area contributed by atoms with E-state index in [9.17, 15) is 4.79 Å². The summed E-state index contributed by atoms with van der Waals surface area (Å²) in [6.45, 7) is 4.86. The molecule has 0 saturated carbocycles. The average molecular weight is 531 g/mol. The van der Waals surface area contributed by atoms with Crippen LogP contribution in [0.15, 0.2) is 19.7 Å². The third-order valence-corrected chi connectivity index (χ3v) is 6.95. The van der Waals surface area contributed by atoms with Gasteiger partial charge in [-0.15, -0.1) is 21.5 Å². The fourth-order valence-corrected chi connectivity index (χ4v) is 5.17. The van der Waals surface area contributed by atoms with Gasteiger partial charge >= 0.3 is 0 Å². The average Bonchev–Trinajstić information content (AvgIpc) is 3.57. The summed E-state index contributed by atoms with van der Waals surface area (Å²) in [4.78, 5) is 26.7. The molecule has 0 radical (unpaired) electrons. The Balaban J connectivity index is 1.39. The van der Waals surface area contributed by atoms with Gasteiger partial charge in [-0.3, -0.25) is 9.36 Å². The first-order chi connectivity index (χ1) is 16.0. The van der Waals surface area contributed by atoms with Crippen molar-refractivity contribution in [1.82, 2.24) is 34.3 Å². The number of aliphatic imine (C=N–C) groups is 1. The zero-order chi connectivity index (χ0) is 22.9. The van der Waals surface area contributed by atoms with Crippen LogP contribution in [0.4, 0.5) is 5.82 Å². The number of thiazole rings is 1. The fraction of sp³-hybridized carbons (Fsp3) is 0.476. The number of hydrogen-bond acceptors (Lipinski definition) is 9. The molecule has 5 rings (SSSR count). The Hall–Kier alpha value is -2.73. The van der Waals surface area contributed by atoms with Gasteiger partial charge in [0.05, 0.1) is 16.6 Å². The number of aromatic nitrogens is 7. The number of halogens is 1. The lowest BCUT2D eigenvalue weighted by Crippen LogP contribution is -2.24. The van der Waals surface area contributed by atoms with E-state index in [1.165, 1.54) is 0 Å². The van der Waals surface area contributed by atoms with Crippen LogP contribution in [0.3, 0.4) is 0 Å². The summed E-state index contributed by atoms with van der Waals surface area (Å²) in [6, 6.07) is 0. The van der Waals surface area contributed by atoms with Crippen molar-refractivity contribution in [1.29, 1.82) is 0 Å². The summed E-state index contributed by atoms with van der Waals surface area (Å²) in [6.07, 6.45) is 5.15. The molecule has 0 fully saturated rings. The van der Waals surface area contributed by atoms with Crippen LogP contribution in [0.25, 0.3) is 5.78 Å². The molecule has 0 N–H and O–H groups in total. The van der Waals surface area contributed by atoms with Crippen LogP contribution in [-0.2, 0) is 32.2 Å². The molecule has 0 amide bonds. The van der Waals surface area contributed by atoms with Gasteiger partial charge in [0, 0.05) is 36.9 Å². The summed E-state index contributed by atoms with van der Waals surface area (Å²) in [5.74, 6) is 2.91. The summed E-state index contributed by atoms with van der Waals surface area (Å²) in [5, 5.41) is 15.7. The van der Waals surface area contributed by atoms with Gasteiger partial charge in [-0.25, -0.2) is 14.4 Å². The SMILES string of the molecule is CCCCCn1c2c(c(=O)n3c(CCc4nc(Cc5nc(C)cs5)no4)nnc13)CC(Br)=N2. The van der Waals surface area contributed by atoms with E-state index < -0.39 is 0 Å². The smallest absolute Gasteiger partial charge is 0.266 e. The zero-order valence-electron chi connectivity index (χ0n) is 18.4. The van der Waals surface area contributed by atoms with E-state index >= 15 is 0 Å². The maximum atomic E-state index is 13.3. The van der Waals surface area contributed by atoms with Crippen molar-refractivity contribution >= 4 is 43.5 Å². The molecular formula is C21H23BrN8O2S. The highest BCUT2D eigenvalue weighted by Gasteiger charge is 2.25. The predicted molar refractivity (Wildman–Crippen MR) is 128 cm³/mol. The number of rotatable bonds is 9. The standard InChI is InChI=1S/C21H23BrN8O2S/c1-3-4-5-8-29-19-13(9-14(22)24-19)20(31)30-16(26-27-21(29)30)6-7-17-25-15(28-32-17)10-18-23-12(2)11-33-18/h11H,3-10H2,1-2H3. The third kappa shape index (κ3) is 4.41. The van der Waals surface area contributed by atoms with Crippen molar-refractivity contribution in [3.63, 3.8) is 0 Å². The normalized spacial score (nSPS) is 13.1. The number of fused-ring (bicyclic) bond motifs is 2. The molecule has 172 valence electrons. The molecule has 0 aliphatic carbocycles. The van der Waals surface area contributed by atoms with E-state index in [4.69, 9.17) is 4.52 Å². The molecular weight excluding hydrogens is 508 g/mol. The zero-order valence-corrected chi connectivity index (χ0v) is 20.8. The largest absolute Gasteiger partial charge is 0.339 e. The number of nitrogens with zero attached hydrogens (tertiary/aromatic N) is 8. The Morgan fingerprint density at radius 1 is 1.21 bits per heavy atom. The van der Waals surface area contributed by atoms with Gasteiger partial charge < -0.3 is 4.52 Å². The maximum Gasteiger partial charge on any atom is 0.266 e. The van der Waals surface area contributed by atoms with Gasteiger partial charge in [0.15, 0.2) is 5.82 Å². The van der Waals surface area contributed by atoms with Crippen LogP contribution in [0.5, 0.6) is 0 Å². The first kappa shape index (κ1) is 22.1. The summed E-state index contributed by atoms with van der Waals surface area (Å²) in [7, 11) is 0. The van der Waals surface area contributed by atoms with Crippen LogP contribution in [0.2, 0.25) is 0 Å². The predicted octanol–water partition coefficient (Wildman–Crippen LogP) is 3.59. The Morgan fingerprint density at radius 3 is 2.88 bits per heavy atom. The van der Waals surface area contributed by atoms with Crippen LogP contribution < -0.4 is 5.56 Å². The second-order valence-electron chi connectivity index (χ2n) is 8.05. The Kier molecular flexibility index (Phi) is 6.19. The molecule has 0 saturated heterocycles. The molecule has 4 aromatic heterocycles. The highest BCUT2D eigenvalue weighted by Crippen LogP contribution is 2.28. The molecule has 1 aliphatic rings. The molecule has 0 atom stereocenters. The van der Waals surface area contributed by atoms with Gasteiger partial charge in [0.1, 0.15) is 16.6 Å². The monoisotopic (exact) mass is 530 g/mol. The van der Waals surface area contributed by atoms with E-state index in [-0.39, 0.29) is 5.56 Å². The second-order valence-corrected chi connectivity index (χ2v) is 9.90. The molecule has 1 aliphatic heterocycles. The van der Waals surface area contributed by atoms with E-state index in [0.29, 0.717) is 60.4 Å². The lowest BCUT2D eigenvalue weighted by molar-refractivity contribution is 0.373. The van der Waals surface area contributed by atoms with Crippen molar-refractivity contribution < 1.29 is 4.52 Å². The molecule has 12 heteroatoms. The molecule has 0 bridgehead atoms. The quantitative estimate of drug-likeness (QED) is 0.303. The maximum absolute atomic E-state index is 13.3. The van der Waals surface area contributed by atoms with Crippen LogP contribution >= 0.6 is 27.3 Å². The van der Waals surface area contributed by atoms with Gasteiger partial charge in [-0.05, 0) is 29.3 Å². The molecule has 33 heavy (non-hydrogen) atoms. The lowest BCUT2D eigenvalue weighted by atomic mass is 10.2. The highest BCUT2D eigenvalue weighted by molar-refractivity contribution is 9.18. The minimum Gasteiger partial charge on any atom is -0.339 e. The van der Waals surface area contributed by atoms with Crippen molar-refractivity contribution in [3.8, 4) is 0 Å². The van der Waals surface area contributed by atoms with Crippen molar-refractivity contribution in [2.24, 2.45) is 4.99 Å². The van der Waals surface area contributed by atoms with Crippen molar-refractivity contribution in [2.45, 2.75) is 65.3 Å². The molecule has 4 aromatic rings. The van der Waals surface area contributed by atoms with Crippen LogP contribution in [0.1, 0.15) is 60.0 Å². The van der Waals surface area contributed by atoms with Gasteiger partial charge in [-0.1, -0.05) is 24.9 Å². The number of aryl methyl sites for hydroxylation is 4. The van der Waals surface area contributed by atoms with Crippen molar-refractivity contribution in [3.05, 3.63) is 49.5 Å². The van der Waals surface area contributed by atoms with Gasteiger partial charge in [0.25, 0.3) is 5.56 Å². The molecule has 0 unspecified atom stereocenters. The van der Waals surface area contributed by atoms with Crippen LogP contribution in [-0.4, -0.2) is 38.9 Å². The Morgan fingerprint density at radius 2 is 2.09 bits per heavy atom. The molecule has 0 aromatic carbocycles. The van der Waals surface area contributed by atoms with Crippen LogP contribution in [0, 0.1) is 6.92 Å². The Bertz CT molecular complexity index is 1400. The van der Waals surface area contributed by atoms with Gasteiger partial charge in [-0.2, -0.15) is 4.98 Å². The summed E-state index contributed by atoms with van der Waals surface area (Å²) < 4.78 is 9.80. The number of unbranched alkanes of at least 4 members (excludes halogenated alkanes) is 2. The van der Waals surface area contributed by atoms with E-state index in [2.05, 4.69) is 53.2 Å². The summed E-state index contributed by atoms with van der Waals surface area (Å²) >= 11 is 5.04. The Labute approximate surface area is 201 Å². The van der Waals surface area contributed by atoms with Gasteiger partial charge in [0.2, 0.25) is 11.7 Å². The van der Waals surface area contributed by atoms with E-state index in [1.807, 2.05) is 16.9 Å². The molecule has 10 nitrogen and oxygen atoms in total. The lowest BCUT2D eigenvalue weighted by Gasteiger charge is -2.12. The molecule has 5 heterocycles. The second kappa shape index (κ2) is 9.26. The van der Waals surface area contributed by atoms with E-state index in [1.54, 1.807) is 15.7 Å². The molecule has 0 spiro atoms. The first-order valence-electron chi connectivity index (χ1n) is 11.0.